The predicted octanol–water partition coefficient (Wildman–Crippen LogP) is 2.38. The summed E-state index contributed by atoms with van der Waals surface area (Å²) in [6.45, 7) is 10.9. The number of carbonyl (C=O) groups is 4. The number of para-hydroxylation sites is 1. The van der Waals surface area contributed by atoms with Crippen LogP contribution in [-0.2, 0) is 14.4 Å². The molecule has 3 rings (SSSR count). The van der Waals surface area contributed by atoms with E-state index in [4.69, 9.17) is 4.74 Å². The lowest BCUT2D eigenvalue weighted by Gasteiger charge is -2.30. The number of hydrogen-bond acceptors (Lipinski definition) is 6. The summed E-state index contributed by atoms with van der Waals surface area (Å²) >= 11 is 0. The van der Waals surface area contributed by atoms with Gasteiger partial charge in [0.2, 0.25) is 17.7 Å². The van der Waals surface area contributed by atoms with Crippen molar-refractivity contribution in [3.8, 4) is 5.75 Å². The van der Waals surface area contributed by atoms with Crippen LogP contribution in [0.1, 0.15) is 83.0 Å². The van der Waals surface area contributed by atoms with Gasteiger partial charge in [0.15, 0.2) is 0 Å². The Kier molecular flexibility index (Phi) is 11.8. The van der Waals surface area contributed by atoms with Gasteiger partial charge in [-0.05, 0) is 77.2 Å². The maximum Gasteiger partial charge on any atom is 0.255 e. The third-order valence-corrected chi connectivity index (χ3v) is 7.62. The monoisotopic (exact) mass is 557 g/mol. The summed E-state index contributed by atoms with van der Waals surface area (Å²) in [6, 6.07) is 5.55. The van der Waals surface area contributed by atoms with Crippen LogP contribution in [-0.4, -0.2) is 78.9 Å². The second-order valence-electron chi connectivity index (χ2n) is 11.8. The SMILES string of the molecule is CC(C)[C@@H]1COc2ccccc2C(=O)N[C@H](C(=O)NCCCN2CCCCCC2)CCC(=O)NC(C)(C)C(=O)N1. The second-order valence-corrected chi connectivity index (χ2v) is 11.8. The van der Waals surface area contributed by atoms with Crippen molar-refractivity contribution in [1.82, 2.24) is 26.2 Å². The number of rotatable bonds is 6. The van der Waals surface area contributed by atoms with E-state index in [1.54, 1.807) is 38.1 Å². The molecule has 4 amide bonds. The van der Waals surface area contributed by atoms with Gasteiger partial charge in [-0.25, -0.2) is 0 Å². The van der Waals surface area contributed by atoms with Crippen LogP contribution in [0.5, 0.6) is 5.75 Å². The number of carbonyl (C=O) groups excluding carboxylic acids is 4. The maximum atomic E-state index is 13.3. The van der Waals surface area contributed by atoms with Crippen LogP contribution >= 0.6 is 0 Å². The van der Waals surface area contributed by atoms with Gasteiger partial charge in [0.05, 0.1) is 11.6 Å². The van der Waals surface area contributed by atoms with Crippen LogP contribution in [0.2, 0.25) is 0 Å². The Labute approximate surface area is 238 Å². The molecular weight excluding hydrogens is 510 g/mol. The lowest BCUT2D eigenvalue weighted by molar-refractivity contribution is -0.133. The highest BCUT2D eigenvalue weighted by atomic mass is 16.5. The molecule has 2 aliphatic heterocycles. The molecule has 1 fully saturated rings. The highest BCUT2D eigenvalue weighted by Gasteiger charge is 2.33. The van der Waals surface area contributed by atoms with Crippen LogP contribution in [0.25, 0.3) is 0 Å². The normalized spacial score (nSPS) is 23.3. The predicted molar refractivity (Wildman–Crippen MR) is 154 cm³/mol. The Bertz CT molecular complexity index is 1020. The number of amides is 4. The molecule has 1 saturated heterocycles. The van der Waals surface area contributed by atoms with Gasteiger partial charge in [-0.15, -0.1) is 0 Å². The van der Waals surface area contributed by atoms with Crippen molar-refractivity contribution in [2.75, 3.05) is 32.8 Å². The molecule has 0 aliphatic carbocycles. The first-order chi connectivity index (χ1) is 19.1. The van der Waals surface area contributed by atoms with Crippen molar-refractivity contribution in [1.29, 1.82) is 0 Å². The number of likely N-dealkylation sites (tertiary alicyclic amines) is 1. The van der Waals surface area contributed by atoms with E-state index >= 15 is 0 Å². The second kappa shape index (κ2) is 15.0. The molecule has 0 aromatic heterocycles. The van der Waals surface area contributed by atoms with E-state index in [2.05, 4.69) is 26.2 Å². The largest absolute Gasteiger partial charge is 0.491 e. The van der Waals surface area contributed by atoms with Crippen LogP contribution in [0.4, 0.5) is 0 Å². The van der Waals surface area contributed by atoms with Crippen LogP contribution < -0.4 is 26.0 Å². The number of nitrogens with zero attached hydrogens (tertiary/aromatic N) is 1. The number of nitrogens with one attached hydrogen (secondary N) is 4. The molecule has 10 nitrogen and oxygen atoms in total. The van der Waals surface area contributed by atoms with Gasteiger partial charge >= 0.3 is 0 Å². The van der Waals surface area contributed by atoms with Gasteiger partial charge in [-0.1, -0.05) is 38.8 Å². The molecule has 0 bridgehead atoms. The first kappa shape index (κ1) is 31.4. The fourth-order valence-electron chi connectivity index (χ4n) is 4.95. The minimum absolute atomic E-state index is 0.0331. The third kappa shape index (κ3) is 9.50. The van der Waals surface area contributed by atoms with E-state index in [-0.39, 0.29) is 54.7 Å². The Morgan fingerprint density at radius 1 is 1.07 bits per heavy atom. The highest BCUT2D eigenvalue weighted by molar-refractivity contribution is 6.00. The third-order valence-electron chi connectivity index (χ3n) is 7.62. The summed E-state index contributed by atoms with van der Waals surface area (Å²) in [6.07, 6.45) is 5.84. The van der Waals surface area contributed by atoms with Gasteiger partial charge in [0.25, 0.3) is 5.91 Å². The summed E-state index contributed by atoms with van der Waals surface area (Å²) in [5.41, 5.74) is -0.883. The van der Waals surface area contributed by atoms with Gasteiger partial charge in [0, 0.05) is 13.0 Å². The lowest BCUT2D eigenvalue weighted by Crippen LogP contribution is -2.58. The molecule has 2 aliphatic rings. The molecule has 40 heavy (non-hydrogen) atoms. The molecule has 0 unspecified atom stereocenters. The molecule has 2 atom stereocenters. The minimum atomic E-state index is -1.17. The molecule has 4 N–H and O–H groups in total. The standard InChI is InChI=1S/C30H47N5O5/c1-21(2)24-20-40-25-13-8-7-12-22(25)27(37)32-23(14-15-26(36)34-30(3,4)29(39)33-24)28(38)31-16-11-19-35-17-9-5-6-10-18-35/h7-8,12-13,21,23-24H,5-6,9-11,14-20H2,1-4H3,(H,31,38)(H,32,37)(H,33,39)(H,34,36)/t23-,24-/m0/s1. The van der Waals surface area contributed by atoms with E-state index in [0.717, 1.165) is 26.1 Å². The van der Waals surface area contributed by atoms with Crippen molar-refractivity contribution in [2.24, 2.45) is 5.92 Å². The number of ether oxygens (including phenoxy) is 1. The van der Waals surface area contributed by atoms with Crippen molar-refractivity contribution < 1.29 is 23.9 Å². The summed E-state index contributed by atoms with van der Waals surface area (Å²) in [5, 5.41) is 11.5. The van der Waals surface area contributed by atoms with Gasteiger partial charge in [-0.3, -0.25) is 19.2 Å². The zero-order valence-electron chi connectivity index (χ0n) is 24.5. The molecule has 0 spiro atoms. The van der Waals surface area contributed by atoms with Crippen LogP contribution in [0.3, 0.4) is 0 Å². The zero-order valence-corrected chi connectivity index (χ0v) is 24.5. The first-order valence-electron chi connectivity index (χ1n) is 14.7. The first-order valence-corrected chi connectivity index (χ1v) is 14.7. The highest BCUT2D eigenvalue weighted by Crippen LogP contribution is 2.20. The molecule has 1 aromatic rings. The Hall–Kier alpha value is -3.14. The minimum Gasteiger partial charge on any atom is -0.491 e. The quantitative estimate of drug-likeness (QED) is 0.398. The lowest BCUT2D eigenvalue weighted by atomic mass is 10.00. The average molecular weight is 558 g/mol. The molecular formula is C30H47N5O5. The molecule has 222 valence electrons. The Morgan fingerprint density at radius 3 is 2.48 bits per heavy atom. The van der Waals surface area contributed by atoms with Crippen molar-refractivity contribution in [2.45, 2.75) is 90.3 Å². The number of fused-ring (bicyclic) bond motifs is 1. The van der Waals surface area contributed by atoms with E-state index < -0.39 is 17.5 Å². The summed E-state index contributed by atoms with van der Waals surface area (Å²) < 4.78 is 6.02. The fourth-order valence-corrected chi connectivity index (χ4v) is 4.95. The molecule has 0 radical (unpaired) electrons. The molecule has 0 saturated carbocycles. The summed E-state index contributed by atoms with van der Waals surface area (Å²) in [4.78, 5) is 54.9. The van der Waals surface area contributed by atoms with E-state index in [1.165, 1.54) is 25.7 Å². The van der Waals surface area contributed by atoms with Gasteiger partial charge in [0.1, 0.15) is 23.9 Å². The van der Waals surface area contributed by atoms with Crippen LogP contribution in [0, 0.1) is 5.92 Å². The van der Waals surface area contributed by atoms with Crippen molar-refractivity contribution >= 4 is 23.6 Å². The van der Waals surface area contributed by atoms with Crippen LogP contribution in [0.15, 0.2) is 24.3 Å². The molecule has 2 heterocycles. The van der Waals surface area contributed by atoms with Crippen molar-refractivity contribution in [3.05, 3.63) is 29.8 Å². The Balaban J connectivity index is 1.74. The summed E-state index contributed by atoms with van der Waals surface area (Å²) in [7, 11) is 0. The molecule has 10 heteroatoms. The van der Waals surface area contributed by atoms with Crippen molar-refractivity contribution in [3.63, 3.8) is 0 Å². The smallest absolute Gasteiger partial charge is 0.255 e. The van der Waals surface area contributed by atoms with E-state index in [9.17, 15) is 19.2 Å². The fraction of sp³-hybridized carbons (Fsp3) is 0.667. The topological polar surface area (TPSA) is 129 Å². The number of benzene rings is 1. The molecule has 1 aromatic carbocycles. The zero-order chi connectivity index (χ0) is 29.1. The van der Waals surface area contributed by atoms with E-state index in [0.29, 0.717) is 12.3 Å². The number of hydrogen-bond donors (Lipinski definition) is 4. The average Bonchev–Trinajstić information content (AvgIpc) is 3.19. The maximum absolute atomic E-state index is 13.3. The van der Waals surface area contributed by atoms with Gasteiger partial charge in [-0.2, -0.15) is 0 Å². The summed E-state index contributed by atoms with van der Waals surface area (Å²) in [5.74, 6) is -1.10. The Morgan fingerprint density at radius 2 is 1.77 bits per heavy atom. The van der Waals surface area contributed by atoms with Gasteiger partial charge < -0.3 is 30.9 Å². The van der Waals surface area contributed by atoms with E-state index in [1.807, 2.05) is 13.8 Å².